The number of carbonyl (C=O) groups excluding carboxylic acids is 2. The van der Waals surface area contributed by atoms with E-state index in [2.05, 4.69) is 9.61 Å². The summed E-state index contributed by atoms with van der Waals surface area (Å²) in [5.74, 6) is -1.92. The van der Waals surface area contributed by atoms with E-state index in [0.29, 0.717) is 12.8 Å². The molecule has 11 heteroatoms. The first-order valence-corrected chi connectivity index (χ1v) is 7.57. The fourth-order valence-electron chi connectivity index (χ4n) is 2.02. The van der Waals surface area contributed by atoms with Crippen LogP contribution in [-0.2, 0) is 18.7 Å². The third-order valence-corrected chi connectivity index (χ3v) is 4.13. The summed E-state index contributed by atoms with van der Waals surface area (Å²) >= 11 is 0. The molecule has 1 N–H and O–H groups in total. The Labute approximate surface area is 209 Å². The van der Waals surface area contributed by atoms with Crippen molar-refractivity contribution in [3.8, 4) is 0 Å². The molecule has 0 saturated carbocycles. The molecule has 8 nitrogen and oxygen atoms in total. The van der Waals surface area contributed by atoms with Gasteiger partial charge in [-0.1, -0.05) is 0 Å². The van der Waals surface area contributed by atoms with E-state index in [1.54, 1.807) is 0 Å². The molecule has 1 rings (SSSR count). The maximum atomic E-state index is 12.0. The van der Waals surface area contributed by atoms with E-state index in [4.69, 9.17) is 0 Å². The number of carbonyl (C=O) groups is 2. The van der Waals surface area contributed by atoms with Crippen LogP contribution in [0, 0.1) is 0 Å². The number of carboxylic acids is 1. The number of carboxylic acid groups (broad SMARTS) is 1. The second kappa shape index (κ2) is 11.8. The molecule has 0 aromatic rings. The minimum Gasteiger partial charge on any atom is -0.766 e. The molecule has 1 amide bonds. The average Bonchev–Trinajstić information content (AvgIpc) is 2.75. The van der Waals surface area contributed by atoms with Crippen LogP contribution in [0.5, 0.6) is 0 Å². The molecule has 1 heterocycles. The molecule has 1 fully saturated rings. The van der Waals surface area contributed by atoms with Gasteiger partial charge in [0.05, 0.1) is 24.7 Å². The van der Waals surface area contributed by atoms with Crippen LogP contribution >= 0.6 is 7.75 Å². The van der Waals surface area contributed by atoms with Crippen molar-refractivity contribution in [3.05, 3.63) is 0 Å². The normalized spacial score (nSPS) is 21.7. The first-order chi connectivity index (χ1) is 8.78. The predicted molar refractivity (Wildman–Crippen MR) is 61.6 cm³/mol. The summed E-state index contributed by atoms with van der Waals surface area (Å²) in [4.78, 5) is 35.4. The van der Waals surface area contributed by atoms with Crippen molar-refractivity contribution in [1.29, 1.82) is 0 Å². The second-order valence-corrected chi connectivity index (χ2v) is 5.79. The van der Waals surface area contributed by atoms with Crippen LogP contribution < -0.4 is 118 Å². The van der Waals surface area contributed by atoms with Gasteiger partial charge in [-0.05, 0) is 26.7 Å². The van der Waals surface area contributed by atoms with Crippen molar-refractivity contribution in [2.75, 3.05) is 13.2 Å². The Kier molecular flexibility index (Phi) is 14.4. The van der Waals surface area contributed by atoms with Crippen LogP contribution in [0.1, 0.15) is 26.7 Å². The minimum atomic E-state index is -4.30. The quantitative estimate of drug-likeness (QED) is 0.364. The number of rotatable bonds is 6. The molecule has 1 saturated heterocycles. The molecule has 0 aromatic heterocycles. The Morgan fingerprint density at radius 2 is 2.05 bits per heavy atom. The van der Waals surface area contributed by atoms with Crippen molar-refractivity contribution in [3.63, 3.8) is 0 Å². The smallest absolute Gasteiger partial charge is 0.766 e. The first-order valence-electron chi connectivity index (χ1n) is 6.03. The van der Waals surface area contributed by atoms with Gasteiger partial charge in [-0.15, -0.1) is 0 Å². The van der Waals surface area contributed by atoms with Crippen LogP contribution in [0.2, 0.25) is 0 Å². The largest absolute Gasteiger partial charge is 1.00 e. The number of hydrogen-bond acceptors (Lipinski definition) is 6. The monoisotopic (exact) mass is 370 g/mol. The molecule has 1 aliphatic heterocycles. The van der Waals surface area contributed by atoms with Crippen LogP contribution in [0.4, 0.5) is 0 Å². The van der Waals surface area contributed by atoms with E-state index in [-0.39, 0.29) is 116 Å². The number of likely N-dealkylation sites (tertiary alicyclic amines) is 1. The first kappa shape index (κ1) is 25.6. The van der Waals surface area contributed by atoms with Gasteiger partial charge < -0.3 is 24.2 Å². The molecule has 1 aliphatic rings. The maximum Gasteiger partial charge on any atom is 1.00 e. The molecule has 0 aromatic carbocycles. The predicted octanol–water partition coefficient (Wildman–Crippen LogP) is -7.78. The Morgan fingerprint density at radius 3 is 2.52 bits per heavy atom. The van der Waals surface area contributed by atoms with Crippen molar-refractivity contribution < 1.29 is 131 Å². The van der Waals surface area contributed by atoms with Gasteiger partial charge in [-0.25, -0.2) is 5.09 Å². The number of amides is 1. The third-order valence-electron chi connectivity index (χ3n) is 2.83. The van der Waals surface area contributed by atoms with E-state index in [9.17, 15) is 24.2 Å². The van der Waals surface area contributed by atoms with E-state index in [0.717, 1.165) is 4.90 Å². The van der Waals surface area contributed by atoms with Crippen molar-refractivity contribution in [2.45, 2.75) is 38.8 Å². The molecule has 110 valence electrons. The Morgan fingerprint density at radius 1 is 1.48 bits per heavy atom. The van der Waals surface area contributed by atoms with Gasteiger partial charge in [-0.3, -0.25) is 9.36 Å². The third kappa shape index (κ3) is 8.30. The summed E-state index contributed by atoms with van der Waals surface area (Å²) in [6.07, 6.45) is 0.874. The van der Waals surface area contributed by atoms with Crippen molar-refractivity contribution in [2.24, 2.45) is 0 Å². The molecule has 0 bridgehead atoms. The molecular weight excluding hydrogens is 353 g/mol. The molecule has 0 aliphatic carbocycles. The van der Waals surface area contributed by atoms with Gasteiger partial charge in [0.2, 0.25) is 13.7 Å². The van der Waals surface area contributed by atoms with Crippen molar-refractivity contribution in [1.82, 2.24) is 9.99 Å². The molecule has 3 atom stereocenters. The zero-order valence-electron chi connectivity index (χ0n) is 12.8. The number of nitrogens with zero attached hydrogens (tertiary/aromatic N) is 1. The molecule has 0 spiro atoms. The topological polar surface area (TPSA) is 122 Å². The van der Waals surface area contributed by atoms with Gasteiger partial charge in [0.1, 0.15) is 0 Å². The van der Waals surface area contributed by atoms with Crippen molar-refractivity contribution >= 4 is 19.6 Å². The summed E-state index contributed by atoms with van der Waals surface area (Å²) in [7, 11) is -4.30. The standard InChI is InChI=1S/C10H19N2O6P.2K/c1-3-18-19(16,17)11-7(2)9(13)12-6-4-5-8(12)10(14)15;;/h7-8H,3-6H2,1-2H3,(H,14,15)(H2,11,16,17);;/q;2*+1/p-2/t7-,8-;;/m0../s1. The summed E-state index contributed by atoms with van der Waals surface area (Å²) in [5.41, 5.74) is 0. The van der Waals surface area contributed by atoms with Gasteiger partial charge in [0.25, 0.3) is 0 Å². The van der Waals surface area contributed by atoms with Gasteiger partial charge in [-0.2, -0.15) is 0 Å². The molecule has 0 radical (unpaired) electrons. The maximum absolute atomic E-state index is 12.0. The Balaban J connectivity index is 0. The second-order valence-electron chi connectivity index (χ2n) is 4.27. The average molecular weight is 370 g/mol. The summed E-state index contributed by atoms with van der Waals surface area (Å²) < 4.78 is 15.8. The molecule has 21 heavy (non-hydrogen) atoms. The van der Waals surface area contributed by atoms with E-state index in [1.165, 1.54) is 13.8 Å². The van der Waals surface area contributed by atoms with E-state index < -0.39 is 31.7 Å². The van der Waals surface area contributed by atoms with Crippen LogP contribution in [-0.4, -0.2) is 42.0 Å². The fourth-order valence-corrected chi connectivity index (χ4v) is 3.02. The fraction of sp³-hybridized carbons (Fsp3) is 0.800. The summed E-state index contributed by atoms with van der Waals surface area (Å²) in [5, 5.41) is 12.9. The number of nitrogens with one attached hydrogen (secondary N) is 1. The zero-order valence-corrected chi connectivity index (χ0v) is 20.0. The molecule has 1 unspecified atom stereocenters. The Bertz CT molecular complexity index is 411. The van der Waals surface area contributed by atoms with Gasteiger partial charge >= 0.3 is 103 Å². The molecular formula is C10H17K2N2O6P. The number of hydrogen-bond donors (Lipinski definition) is 1. The van der Waals surface area contributed by atoms with Crippen LogP contribution in [0.15, 0.2) is 0 Å². The Hall–Kier alpha value is 2.32. The summed E-state index contributed by atoms with van der Waals surface area (Å²) in [6, 6.07) is -2.07. The van der Waals surface area contributed by atoms with Crippen LogP contribution in [0.3, 0.4) is 0 Å². The minimum absolute atomic E-state index is 0. The zero-order chi connectivity index (χ0) is 14.6. The SMILES string of the molecule is CCOP(=O)([O-])N[C@@H](C)C(=O)N1CCC[C@H]1C(=O)[O-].[K+].[K+]. The van der Waals surface area contributed by atoms with Gasteiger partial charge in [0, 0.05) is 6.54 Å². The number of aliphatic carboxylic acids is 1. The summed E-state index contributed by atoms with van der Waals surface area (Å²) in [6.45, 7) is 3.09. The van der Waals surface area contributed by atoms with E-state index in [1.807, 2.05) is 0 Å². The van der Waals surface area contributed by atoms with Gasteiger partial charge in [0.15, 0.2) is 0 Å². The van der Waals surface area contributed by atoms with Crippen LogP contribution in [0.25, 0.3) is 0 Å². The van der Waals surface area contributed by atoms with E-state index >= 15 is 0 Å².